The average Bonchev–Trinajstić information content (AvgIpc) is 2.40. The lowest BCUT2D eigenvalue weighted by molar-refractivity contribution is -0.137. The maximum absolute atomic E-state index is 12.7. The van der Waals surface area contributed by atoms with Crippen molar-refractivity contribution in [1.29, 1.82) is 0 Å². The second kappa shape index (κ2) is 6.07. The van der Waals surface area contributed by atoms with Gasteiger partial charge in [0.2, 0.25) is 0 Å². The molecule has 1 amide bonds. The minimum Gasteiger partial charge on any atom is -0.322 e. The molecule has 0 radical (unpaired) electrons. The van der Waals surface area contributed by atoms with E-state index in [9.17, 15) is 18.0 Å². The van der Waals surface area contributed by atoms with E-state index in [4.69, 9.17) is 11.6 Å². The summed E-state index contributed by atoms with van der Waals surface area (Å²) in [4.78, 5) is 12.0. The van der Waals surface area contributed by atoms with Crippen LogP contribution in [0.25, 0.3) is 0 Å². The van der Waals surface area contributed by atoms with Crippen LogP contribution >= 0.6 is 27.5 Å². The number of halogens is 5. The first-order valence-electron chi connectivity index (χ1n) is 5.71. The highest BCUT2D eigenvalue weighted by molar-refractivity contribution is 9.10. The van der Waals surface area contributed by atoms with E-state index in [0.717, 1.165) is 12.1 Å². The van der Waals surface area contributed by atoms with E-state index in [0.29, 0.717) is 10.0 Å². The first-order chi connectivity index (χ1) is 9.79. The zero-order valence-electron chi connectivity index (χ0n) is 10.3. The van der Waals surface area contributed by atoms with Gasteiger partial charge in [0.25, 0.3) is 5.91 Å². The number of hydrogen-bond donors (Lipinski definition) is 1. The number of anilines is 1. The molecular weight excluding hydrogens is 371 g/mol. The summed E-state index contributed by atoms with van der Waals surface area (Å²) in [5.74, 6) is -0.516. The lowest BCUT2D eigenvalue weighted by Gasteiger charge is -2.12. The number of amides is 1. The van der Waals surface area contributed by atoms with Gasteiger partial charge in [-0.05, 0) is 46.3 Å². The van der Waals surface area contributed by atoms with Crippen molar-refractivity contribution in [3.63, 3.8) is 0 Å². The molecule has 2 rings (SSSR count). The van der Waals surface area contributed by atoms with Crippen LogP contribution in [-0.4, -0.2) is 5.91 Å². The Morgan fingerprint density at radius 2 is 1.81 bits per heavy atom. The van der Waals surface area contributed by atoms with Crippen molar-refractivity contribution >= 4 is 39.1 Å². The van der Waals surface area contributed by atoms with Gasteiger partial charge in [-0.2, -0.15) is 13.2 Å². The van der Waals surface area contributed by atoms with Crippen LogP contribution in [0.4, 0.5) is 18.9 Å². The standard InChI is InChI=1S/C14H8BrClF3NO/c15-11-4-2-1-3-9(11)13(21)20-8-5-6-12(16)10(7-8)14(17,18)19/h1-7H,(H,20,21). The van der Waals surface area contributed by atoms with Crippen molar-refractivity contribution in [2.75, 3.05) is 5.32 Å². The SMILES string of the molecule is O=C(Nc1ccc(Cl)c(C(F)(F)F)c1)c1ccccc1Br. The van der Waals surface area contributed by atoms with Gasteiger partial charge < -0.3 is 5.32 Å². The van der Waals surface area contributed by atoms with Crippen molar-refractivity contribution in [2.45, 2.75) is 6.18 Å². The Balaban J connectivity index is 2.29. The minimum absolute atomic E-state index is 0.0208. The van der Waals surface area contributed by atoms with E-state index >= 15 is 0 Å². The van der Waals surface area contributed by atoms with Crippen LogP contribution in [0.15, 0.2) is 46.9 Å². The minimum atomic E-state index is -4.58. The monoisotopic (exact) mass is 377 g/mol. The molecule has 0 atom stereocenters. The number of benzene rings is 2. The van der Waals surface area contributed by atoms with Gasteiger partial charge in [-0.15, -0.1) is 0 Å². The zero-order valence-corrected chi connectivity index (χ0v) is 12.7. The molecule has 0 aliphatic carbocycles. The first-order valence-corrected chi connectivity index (χ1v) is 6.89. The molecule has 0 bridgehead atoms. The van der Waals surface area contributed by atoms with Crippen molar-refractivity contribution in [3.8, 4) is 0 Å². The molecule has 0 aromatic heterocycles. The second-order valence-electron chi connectivity index (χ2n) is 4.13. The maximum Gasteiger partial charge on any atom is 0.417 e. The van der Waals surface area contributed by atoms with Crippen LogP contribution < -0.4 is 5.32 Å². The predicted octanol–water partition coefficient (Wildman–Crippen LogP) is 5.37. The normalized spacial score (nSPS) is 11.3. The molecule has 0 saturated heterocycles. The molecule has 0 aliphatic rings. The van der Waals surface area contributed by atoms with Crippen molar-refractivity contribution in [1.82, 2.24) is 0 Å². The molecule has 0 aliphatic heterocycles. The number of nitrogens with one attached hydrogen (secondary N) is 1. The Hall–Kier alpha value is -1.53. The van der Waals surface area contributed by atoms with Gasteiger partial charge in [-0.25, -0.2) is 0 Å². The summed E-state index contributed by atoms with van der Waals surface area (Å²) >= 11 is 8.73. The smallest absolute Gasteiger partial charge is 0.322 e. The van der Waals surface area contributed by atoms with E-state index in [1.165, 1.54) is 6.07 Å². The Kier molecular flexibility index (Phi) is 4.58. The van der Waals surface area contributed by atoms with Crippen molar-refractivity contribution in [3.05, 3.63) is 63.1 Å². The van der Waals surface area contributed by atoms with Crippen molar-refractivity contribution < 1.29 is 18.0 Å². The van der Waals surface area contributed by atoms with Crippen molar-refractivity contribution in [2.24, 2.45) is 0 Å². The Bertz CT molecular complexity index is 688. The molecule has 2 aromatic carbocycles. The summed E-state index contributed by atoms with van der Waals surface area (Å²) < 4.78 is 38.8. The summed E-state index contributed by atoms with van der Waals surface area (Å²) in [6, 6.07) is 9.81. The van der Waals surface area contributed by atoms with Gasteiger partial charge in [-0.3, -0.25) is 4.79 Å². The largest absolute Gasteiger partial charge is 0.417 e. The summed E-state index contributed by atoms with van der Waals surface area (Å²) in [5.41, 5.74) is -0.650. The number of hydrogen-bond acceptors (Lipinski definition) is 1. The molecule has 0 spiro atoms. The number of rotatable bonds is 2. The number of carbonyl (C=O) groups excluding carboxylic acids is 1. The van der Waals surface area contributed by atoms with Gasteiger partial charge in [0, 0.05) is 10.2 Å². The molecule has 110 valence electrons. The highest BCUT2D eigenvalue weighted by Crippen LogP contribution is 2.36. The van der Waals surface area contributed by atoms with Crippen LogP contribution in [0, 0.1) is 0 Å². The molecule has 0 fully saturated rings. The van der Waals surface area contributed by atoms with E-state index in [1.807, 2.05) is 0 Å². The molecule has 2 aromatic rings. The highest BCUT2D eigenvalue weighted by atomic mass is 79.9. The number of carbonyl (C=O) groups is 1. The molecule has 21 heavy (non-hydrogen) atoms. The van der Waals surface area contributed by atoms with Gasteiger partial charge in [0.05, 0.1) is 16.1 Å². The molecule has 7 heteroatoms. The lowest BCUT2D eigenvalue weighted by atomic mass is 10.1. The fourth-order valence-corrected chi connectivity index (χ4v) is 2.35. The summed E-state index contributed by atoms with van der Waals surface area (Å²) in [6.07, 6.45) is -4.58. The molecule has 0 heterocycles. The third-order valence-electron chi connectivity index (χ3n) is 2.65. The van der Waals surface area contributed by atoms with Gasteiger partial charge in [0.1, 0.15) is 0 Å². The summed E-state index contributed by atoms with van der Waals surface area (Å²) in [7, 11) is 0. The van der Waals surface area contributed by atoms with Crippen LogP contribution in [0.2, 0.25) is 5.02 Å². The molecule has 1 N–H and O–H groups in total. The fourth-order valence-electron chi connectivity index (χ4n) is 1.66. The molecule has 0 unspecified atom stereocenters. The van der Waals surface area contributed by atoms with Gasteiger partial charge in [0.15, 0.2) is 0 Å². The van der Waals surface area contributed by atoms with E-state index in [2.05, 4.69) is 21.2 Å². The Morgan fingerprint density at radius 3 is 2.43 bits per heavy atom. The predicted molar refractivity (Wildman–Crippen MR) is 78.5 cm³/mol. The highest BCUT2D eigenvalue weighted by Gasteiger charge is 2.33. The molecule has 0 saturated carbocycles. The zero-order chi connectivity index (χ0) is 15.6. The van der Waals surface area contributed by atoms with E-state index in [1.54, 1.807) is 24.3 Å². The van der Waals surface area contributed by atoms with Crippen LogP contribution in [0.3, 0.4) is 0 Å². The van der Waals surface area contributed by atoms with Crippen LogP contribution in [-0.2, 0) is 6.18 Å². The maximum atomic E-state index is 12.7. The van der Waals surface area contributed by atoms with E-state index < -0.39 is 22.7 Å². The second-order valence-corrected chi connectivity index (χ2v) is 5.39. The molecule has 2 nitrogen and oxygen atoms in total. The fraction of sp³-hybridized carbons (Fsp3) is 0.0714. The van der Waals surface area contributed by atoms with E-state index in [-0.39, 0.29) is 5.69 Å². The quantitative estimate of drug-likeness (QED) is 0.747. The third-order valence-corrected chi connectivity index (χ3v) is 3.67. The first kappa shape index (κ1) is 15.9. The van der Waals surface area contributed by atoms with Gasteiger partial charge >= 0.3 is 6.18 Å². The molecular formula is C14H8BrClF3NO. The summed E-state index contributed by atoms with van der Waals surface area (Å²) in [5, 5.41) is 2.00. The van der Waals surface area contributed by atoms with Crippen LogP contribution in [0.1, 0.15) is 15.9 Å². The topological polar surface area (TPSA) is 29.1 Å². The lowest BCUT2D eigenvalue weighted by Crippen LogP contribution is -2.14. The Morgan fingerprint density at radius 1 is 1.14 bits per heavy atom. The third kappa shape index (κ3) is 3.77. The summed E-state index contributed by atoms with van der Waals surface area (Å²) in [6.45, 7) is 0. The van der Waals surface area contributed by atoms with Gasteiger partial charge in [-0.1, -0.05) is 23.7 Å². The number of alkyl halides is 3. The average molecular weight is 379 g/mol. The van der Waals surface area contributed by atoms with Crippen LogP contribution in [0.5, 0.6) is 0 Å². The Labute approximate surface area is 132 Å².